The molecule has 9 aromatic rings. The summed E-state index contributed by atoms with van der Waals surface area (Å²) >= 11 is 1.83. The fraction of sp³-hybridized carbons (Fsp3) is 0.360. The number of thioether (sulfide) groups is 1. The molecular formula is C100H117N5O11S. The Morgan fingerprint density at radius 3 is 1.37 bits per heavy atom. The lowest BCUT2D eigenvalue weighted by Gasteiger charge is -2.43. The molecule has 0 saturated carbocycles. The van der Waals surface area contributed by atoms with Crippen LogP contribution in [0.4, 0.5) is 28.4 Å². The zero-order chi connectivity index (χ0) is 85.4. The van der Waals surface area contributed by atoms with Crippen molar-refractivity contribution in [3.05, 3.63) is 282 Å². The van der Waals surface area contributed by atoms with E-state index < -0.39 is 30.1 Å². The largest absolute Gasteiger partial charge is 0.507 e. The van der Waals surface area contributed by atoms with Crippen LogP contribution < -0.4 is 25.3 Å². The van der Waals surface area contributed by atoms with Crippen LogP contribution in [-0.4, -0.2) is 108 Å². The fourth-order valence-corrected chi connectivity index (χ4v) is 17.1. The van der Waals surface area contributed by atoms with Gasteiger partial charge in [-0.05, 0) is 265 Å². The predicted molar refractivity (Wildman–Crippen MR) is 479 cm³/mol. The molecule has 9 N–H and O–H groups in total. The molecule has 17 heteroatoms. The number of carboxylic acid groups (broad SMARTS) is 3. The summed E-state index contributed by atoms with van der Waals surface area (Å²) in [5, 5.41) is 77.2. The third-order valence-corrected chi connectivity index (χ3v) is 24.7. The monoisotopic (exact) mass is 1600 g/mol. The van der Waals surface area contributed by atoms with Crippen molar-refractivity contribution in [2.24, 2.45) is 0 Å². The summed E-state index contributed by atoms with van der Waals surface area (Å²) in [6, 6.07) is 53.2. The van der Waals surface area contributed by atoms with Crippen LogP contribution in [-0.2, 0) is 51.2 Å². The van der Waals surface area contributed by atoms with E-state index in [4.69, 9.17) is 15.3 Å². The highest BCUT2D eigenvalue weighted by Gasteiger charge is 2.43. The van der Waals surface area contributed by atoms with Gasteiger partial charge in [-0.25, -0.2) is 14.4 Å². The van der Waals surface area contributed by atoms with Crippen molar-refractivity contribution in [3.63, 3.8) is 0 Å². The van der Waals surface area contributed by atoms with Gasteiger partial charge in [-0.1, -0.05) is 174 Å². The van der Waals surface area contributed by atoms with Crippen LogP contribution >= 0.6 is 11.8 Å². The minimum absolute atomic E-state index is 0.00332. The van der Waals surface area contributed by atoms with E-state index in [1.165, 1.54) is 109 Å². The molecule has 117 heavy (non-hydrogen) atoms. The molecule has 9 aromatic carbocycles. The van der Waals surface area contributed by atoms with E-state index in [9.17, 15) is 39.6 Å². The molecule has 0 aliphatic heterocycles. The van der Waals surface area contributed by atoms with Gasteiger partial charge in [-0.2, -0.15) is 0 Å². The number of carbonyl (C=O) groups excluding carboxylic acids is 1. The number of hydrogen-bond acceptors (Lipinski definition) is 14. The molecule has 12 rings (SSSR count). The zero-order valence-corrected chi connectivity index (χ0v) is 72.0. The molecule has 0 aromatic heterocycles. The number of fused-ring (bicyclic) bond motifs is 3. The van der Waals surface area contributed by atoms with Crippen LogP contribution in [0.15, 0.2) is 187 Å². The van der Waals surface area contributed by atoms with Crippen molar-refractivity contribution in [2.75, 3.05) is 74.2 Å². The average Bonchev–Trinajstić information content (AvgIpc) is 0.749. The molecule has 3 aliphatic rings. The van der Waals surface area contributed by atoms with Gasteiger partial charge in [0.05, 0.1) is 11.7 Å². The van der Waals surface area contributed by atoms with Crippen molar-refractivity contribution >= 4 is 76.0 Å². The first-order valence-corrected chi connectivity index (χ1v) is 41.1. The van der Waals surface area contributed by atoms with E-state index in [1.54, 1.807) is 42.5 Å². The van der Waals surface area contributed by atoms with Crippen LogP contribution in [0.5, 0.6) is 11.5 Å². The first kappa shape index (κ1) is 88.3. The van der Waals surface area contributed by atoms with Gasteiger partial charge in [-0.15, -0.1) is 11.8 Å². The number of nitrogens with zero attached hydrogens (tertiary/aromatic N) is 3. The normalized spacial score (nSPS) is 16.0. The summed E-state index contributed by atoms with van der Waals surface area (Å²) in [5.74, 6) is 2.70. The van der Waals surface area contributed by atoms with E-state index in [1.807, 2.05) is 66.2 Å². The highest BCUT2D eigenvalue weighted by atomic mass is 32.2. The molecule has 0 amide bonds. The first-order valence-electron chi connectivity index (χ1n) is 40.1. The summed E-state index contributed by atoms with van der Waals surface area (Å²) in [4.78, 5) is 54.4. The number of aromatic carboxylic acids is 3. The van der Waals surface area contributed by atoms with E-state index >= 15 is 0 Å². The lowest BCUT2D eigenvalue weighted by atomic mass is 9.62. The molecule has 0 fully saturated rings. The molecule has 0 spiro atoms. The van der Waals surface area contributed by atoms with Gasteiger partial charge in [0.25, 0.3) is 0 Å². The van der Waals surface area contributed by atoms with E-state index in [0.29, 0.717) is 28.8 Å². The predicted octanol–water partition coefficient (Wildman–Crippen LogP) is 21.1. The number of rotatable bonds is 23. The van der Waals surface area contributed by atoms with Gasteiger partial charge in [0.1, 0.15) is 28.7 Å². The lowest BCUT2D eigenvalue weighted by molar-refractivity contribution is 0.0682. The zero-order valence-electron chi connectivity index (χ0n) is 71.2. The number of aliphatic hydroxyl groups excluding tert-OH is 2. The number of phenols is 2. The van der Waals surface area contributed by atoms with E-state index in [2.05, 4.69) is 217 Å². The second-order valence-corrected chi connectivity index (χ2v) is 36.9. The fourth-order valence-electron chi connectivity index (χ4n) is 15.9. The van der Waals surface area contributed by atoms with Crippen LogP contribution in [0.2, 0.25) is 0 Å². The third kappa shape index (κ3) is 21.6. The molecule has 0 heterocycles. The number of carboxylic acids is 3. The summed E-state index contributed by atoms with van der Waals surface area (Å²) in [6.45, 7) is 28.8. The number of aliphatic hydroxyl groups is 2. The Kier molecular flexibility index (Phi) is 27.4. The molecular weight excluding hydrogens is 1480 g/mol. The van der Waals surface area contributed by atoms with Crippen molar-refractivity contribution in [2.45, 2.75) is 190 Å². The van der Waals surface area contributed by atoms with Crippen molar-refractivity contribution in [1.29, 1.82) is 0 Å². The first-order chi connectivity index (χ1) is 54.9. The van der Waals surface area contributed by atoms with Gasteiger partial charge >= 0.3 is 17.9 Å². The number of anilines is 5. The minimum atomic E-state index is -1.20. The van der Waals surface area contributed by atoms with Gasteiger partial charge in [0, 0.05) is 106 Å². The molecule has 2 atom stereocenters. The molecule has 2 unspecified atom stereocenters. The number of nitrogens with one attached hydrogen (secondary N) is 2. The Labute approximate surface area is 696 Å². The Hall–Kier alpha value is -11.0. The van der Waals surface area contributed by atoms with Crippen molar-refractivity contribution in [1.82, 2.24) is 0 Å². The Morgan fingerprint density at radius 2 is 0.889 bits per heavy atom. The maximum absolute atomic E-state index is 13.4. The third-order valence-electron chi connectivity index (χ3n) is 23.6. The number of carbonyl (C=O) groups is 4. The number of benzene rings is 9. The van der Waals surface area contributed by atoms with Crippen LogP contribution in [0, 0.1) is 11.8 Å². The lowest BCUT2D eigenvalue weighted by Crippen LogP contribution is -2.35. The number of aromatic hydroxyl groups is 2. The maximum atomic E-state index is 13.4. The average molecular weight is 1600 g/mol. The van der Waals surface area contributed by atoms with Gasteiger partial charge in [-0.3, -0.25) is 4.79 Å². The minimum Gasteiger partial charge on any atom is -0.507 e. The summed E-state index contributed by atoms with van der Waals surface area (Å²) in [6.07, 6.45) is 11.9. The van der Waals surface area contributed by atoms with E-state index in [0.717, 1.165) is 85.4 Å². The quantitative estimate of drug-likeness (QED) is 0.0125. The summed E-state index contributed by atoms with van der Waals surface area (Å²) in [7, 11) is 12.2. The summed E-state index contributed by atoms with van der Waals surface area (Å²) in [5.41, 5.74) is 20.8. The number of hydrogen-bond donors (Lipinski definition) is 9. The van der Waals surface area contributed by atoms with Crippen molar-refractivity contribution < 1.29 is 54.9 Å². The number of ketones is 1. The van der Waals surface area contributed by atoms with E-state index in [-0.39, 0.29) is 66.5 Å². The molecule has 0 bridgehead atoms. The van der Waals surface area contributed by atoms with Gasteiger partial charge < -0.3 is 61.1 Å². The van der Waals surface area contributed by atoms with Crippen LogP contribution in [0.1, 0.15) is 253 Å². The van der Waals surface area contributed by atoms with Gasteiger partial charge in [0.15, 0.2) is 5.78 Å². The second-order valence-electron chi connectivity index (χ2n) is 35.9. The molecule has 16 nitrogen and oxygen atoms in total. The molecule has 0 saturated heterocycles. The molecule has 3 aliphatic carbocycles. The number of allylic oxidation sites excluding steroid dienone is 1. The molecule has 614 valence electrons. The highest BCUT2D eigenvalue weighted by Crippen LogP contribution is 2.53. The highest BCUT2D eigenvalue weighted by molar-refractivity contribution is 7.98. The topological polar surface area (TPSA) is 244 Å². The Balaban J connectivity index is 0.000000185. The maximum Gasteiger partial charge on any atom is 0.339 e. The van der Waals surface area contributed by atoms with Gasteiger partial charge in [0.2, 0.25) is 0 Å². The van der Waals surface area contributed by atoms with Crippen molar-refractivity contribution in [3.8, 4) is 23.3 Å². The standard InChI is InChI=1S/C34H40N2O4.C33H40N2O4.C33H37NO3S/c1-33(2)16-17-34(3,4)31-27(33)20-24(29(37)14-10-23-9-13-26(32(39)40)30(38)19-23)21-28(31)35-18-15-22-7-11-25(12-8-22)36(5)6;1-32(2)15-16-33(3,4)30-26(32)18-23(19-27(30)34-20-22-7-11-24(12-8-22)35(5)6)28(36)14-10-21-9-13-25(31(38)39)29(37)17-21;1-32(2)17-18-33(3,4)30-27(32)19-25(28(35)16-11-22-7-12-24(13-8-22)31(36)37)20-29(30)38-21-23-9-14-26(15-10-23)34(5)6/h7-14,19-21,35,38H,15-18H2,1-6H3,(H,39,40);7-14,17-19,28,34,36-37H,15-16,20H2,1-6H3,(H,38,39);7-10,12-15,19-20,28,35H,17-18,21H2,1-6H3,(H,36,37). The second kappa shape index (κ2) is 36.2. The molecule has 0 radical (unpaired) electrons. The Bertz CT molecular complexity index is 5250. The van der Waals surface area contributed by atoms with Crippen LogP contribution in [0.25, 0.3) is 12.2 Å². The Morgan fingerprint density at radius 1 is 0.453 bits per heavy atom. The smallest absolute Gasteiger partial charge is 0.339 e. The van der Waals surface area contributed by atoms with Crippen LogP contribution in [0.3, 0.4) is 0 Å². The summed E-state index contributed by atoms with van der Waals surface area (Å²) < 4.78 is 0. The SMILES string of the molecule is CN(C)c1ccc(CCNc2cc(C(=O)C=Cc3ccc(C(=O)O)c(O)c3)cc3c2C(C)(C)CCC3(C)C)cc1.CN(C)c1ccc(CNc2cc(C(O)C=Cc3ccc(C(=O)O)c(O)c3)cc3c2C(C)(C)CCC3(C)C)cc1.CN(C)c1ccc(CSc2cc(C(O)C#Cc3ccc(C(=O)O)cc3)cc3c2C(C)(C)CCC3(C)C)cc1.